The lowest BCUT2D eigenvalue weighted by Crippen LogP contribution is -2.49. The van der Waals surface area contributed by atoms with Gasteiger partial charge in [-0.2, -0.15) is 25.3 Å². The van der Waals surface area contributed by atoms with Crippen LogP contribution in [0, 0.1) is 25.2 Å². The average molecular weight is 663 g/mol. The molecule has 2 fully saturated rings. The number of hydrogen-bond donors (Lipinski definition) is 4. The molecule has 16 heteroatoms. The molecule has 2 bridgehead atoms. The molecule has 4 unspecified atom stereocenters. The minimum absolute atomic E-state index is 0.0257. The molecule has 1 saturated carbocycles. The second-order valence-corrected chi connectivity index (χ2v) is 16.2. The van der Waals surface area contributed by atoms with Crippen LogP contribution in [0.4, 0.5) is 0 Å². The molecule has 1 saturated heterocycles. The van der Waals surface area contributed by atoms with Crippen LogP contribution in [0.3, 0.4) is 0 Å². The molecular weight excluding hydrogens is 628 g/mol. The van der Waals surface area contributed by atoms with Gasteiger partial charge in [-0.05, 0) is 61.4 Å². The van der Waals surface area contributed by atoms with Crippen molar-refractivity contribution in [1.29, 1.82) is 0 Å². The van der Waals surface area contributed by atoms with Gasteiger partial charge in [-0.3, -0.25) is 13.7 Å². The first-order valence-corrected chi connectivity index (χ1v) is 17.6. The van der Waals surface area contributed by atoms with E-state index < -0.39 is 88.1 Å². The second kappa shape index (κ2) is 11.2. The van der Waals surface area contributed by atoms with E-state index in [0.29, 0.717) is 12.0 Å². The molecule has 2 aliphatic rings. The summed E-state index contributed by atoms with van der Waals surface area (Å²) in [6, 6.07) is 6.34. The smallest absolute Gasteiger partial charge is 0.339 e. The number of esters is 1. The summed E-state index contributed by atoms with van der Waals surface area (Å²) in [7, 11) is -14.4. The predicted octanol–water partition coefficient (Wildman–Crippen LogP) is 2.25. The van der Waals surface area contributed by atoms with Gasteiger partial charge in [0.15, 0.2) is 11.9 Å². The first-order valence-electron chi connectivity index (χ1n) is 13.2. The minimum atomic E-state index is -4.83. The molecule has 4 N–H and O–H groups in total. The number of fused-ring (bicyclic) bond motifs is 2. The fraction of sp³-hybridized carbons (Fsp3) is 0.519. The standard InChI is InChI=1S/C27H34O13S3/c1-15-9-16(2)23(43(36,37)38)19(10-15)13-18-11-17(5-6-22(18)42(33,34)35)12-20(41(30,31)32)14-39-25(29)27-8-7-21(24(28)40-27)26(27,3)4/h5-6,9-11,20-21,24,28H,7-8,12-14H2,1-4H3,(H,30,31,32)(H,33,34,35)(H,36,37,38). The molecule has 4 atom stereocenters. The molecule has 1 heterocycles. The van der Waals surface area contributed by atoms with E-state index in [1.165, 1.54) is 31.2 Å². The SMILES string of the molecule is Cc1cc(C)c(S(=O)(=O)O)c(Cc2cc(CC(COC(=O)C34CCC(C(O)O3)C4(C)C)S(=O)(=O)O)ccc2S(=O)(=O)O)c1. The summed E-state index contributed by atoms with van der Waals surface area (Å²) >= 11 is 0. The van der Waals surface area contributed by atoms with Gasteiger partial charge in [0.05, 0.1) is 4.90 Å². The topological polar surface area (TPSA) is 219 Å². The molecule has 43 heavy (non-hydrogen) atoms. The molecule has 0 aromatic heterocycles. The van der Waals surface area contributed by atoms with Gasteiger partial charge in [0.1, 0.15) is 16.8 Å². The number of carbonyl (C=O) groups excluding carboxylic acids is 1. The van der Waals surface area contributed by atoms with Crippen LogP contribution >= 0.6 is 0 Å². The third-order valence-electron chi connectivity index (χ3n) is 8.59. The Morgan fingerprint density at radius 1 is 1.00 bits per heavy atom. The van der Waals surface area contributed by atoms with Crippen molar-refractivity contribution in [3.63, 3.8) is 0 Å². The quantitative estimate of drug-likeness (QED) is 0.212. The van der Waals surface area contributed by atoms with Gasteiger partial charge in [-0.25, -0.2) is 4.79 Å². The minimum Gasteiger partial charge on any atom is -0.462 e. The summed E-state index contributed by atoms with van der Waals surface area (Å²) in [5, 5.41) is 8.50. The van der Waals surface area contributed by atoms with Crippen molar-refractivity contribution in [3.8, 4) is 0 Å². The molecule has 13 nitrogen and oxygen atoms in total. The lowest BCUT2D eigenvalue weighted by Gasteiger charge is -2.34. The van der Waals surface area contributed by atoms with Crippen molar-refractivity contribution in [2.24, 2.45) is 11.3 Å². The fourth-order valence-electron chi connectivity index (χ4n) is 6.45. The summed E-state index contributed by atoms with van der Waals surface area (Å²) in [5.41, 5.74) is -1.44. The number of aliphatic hydroxyl groups excluding tert-OH is 1. The van der Waals surface area contributed by atoms with E-state index in [4.69, 9.17) is 9.47 Å². The van der Waals surface area contributed by atoms with Gasteiger partial charge in [0.25, 0.3) is 30.4 Å². The maximum atomic E-state index is 13.2. The van der Waals surface area contributed by atoms with Crippen molar-refractivity contribution in [3.05, 3.63) is 58.1 Å². The number of aliphatic hydroxyl groups is 1. The molecule has 0 radical (unpaired) electrons. The first-order chi connectivity index (χ1) is 19.6. The highest BCUT2D eigenvalue weighted by atomic mass is 32.2. The van der Waals surface area contributed by atoms with Gasteiger partial charge in [0, 0.05) is 17.8 Å². The molecule has 1 aliphatic heterocycles. The van der Waals surface area contributed by atoms with E-state index in [-0.39, 0.29) is 34.6 Å². The lowest BCUT2D eigenvalue weighted by atomic mass is 9.74. The zero-order valence-electron chi connectivity index (χ0n) is 23.8. The van der Waals surface area contributed by atoms with Gasteiger partial charge in [-0.1, -0.05) is 43.7 Å². The fourth-order valence-corrected chi connectivity index (χ4v) is 8.72. The normalized spacial score (nSPS) is 24.2. The van der Waals surface area contributed by atoms with Crippen molar-refractivity contribution < 1.29 is 58.3 Å². The highest BCUT2D eigenvalue weighted by Crippen LogP contribution is 2.60. The van der Waals surface area contributed by atoms with Gasteiger partial charge < -0.3 is 14.6 Å². The second-order valence-electron chi connectivity index (χ2n) is 11.8. The summed E-state index contributed by atoms with van der Waals surface area (Å²) in [6.07, 6.45) is -1.31. The monoisotopic (exact) mass is 662 g/mol. The molecule has 238 valence electrons. The molecular formula is C27H34O13S3. The van der Waals surface area contributed by atoms with Crippen molar-refractivity contribution in [1.82, 2.24) is 0 Å². The molecule has 1 aliphatic carbocycles. The summed E-state index contributed by atoms with van der Waals surface area (Å²) in [5.74, 6) is -1.21. The van der Waals surface area contributed by atoms with Crippen molar-refractivity contribution in [2.45, 2.75) is 80.3 Å². The van der Waals surface area contributed by atoms with Crippen LogP contribution in [-0.2, 0) is 57.5 Å². The van der Waals surface area contributed by atoms with Crippen LogP contribution in [-0.4, -0.2) is 73.7 Å². The molecule has 0 amide bonds. The summed E-state index contributed by atoms with van der Waals surface area (Å²) < 4.78 is 114. The van der Waals surface area contributed by atoms with Crippen LogP contribution in [0.1, 0.15) is 54.5 Å². The molecule has 2 aromatic rings. The van der Waals surface area contributed by atoms with E-state index in [1.54, 1.807) is 20.8 Å². The maximum absolute atomic E-state index is 13.2. The number of hydrogen-bond acceptors (Lipinski definition) is 10. The van der Waals surface area contributed by atoms with Crippen LogP contribution in [0.15, 0.2) is 40.1 Å². The third-order valence-corrected chi connectivity index (χ3v) is 11.8. The van der Waals surface area contributed by atoms with Gasteiger partial charge >= 0.3 is 5.97 Å². The van der Waals surface area contributed by atoms with Crippen molar-refractivity contribution in [2.75, 3.05) is 6.61 Å². The predicted molar refractivity (Wildman–Crippen MR) is 151 cm³/mol. The Kier molecular flexibility index (Phi) is 8.69. The van der Waals surface area contributed by atoms with E-state index in [2.05, 4.69) is 0 Å². The largest absolute Gasteiger partial charge is 0.462 e. The Labute approximate surface area is 250 Å². The van der Waals surface area contributed by atoms with E-state index in [1.807, 2.05) is 0 Å². The highest BCUT2D eigenvalue weighted by molar-refractivity contribution is 7.86. The maximum Gasteiger partial charge on any atom is 0.339 e. The number of benzene rings is 2. The van der Waals surface area contributed by atoms with Crippen LogP contribution in [0.25, 0.3) is 0 Å². The van der Waals surface area contributed by atoms with Gasteiger partial charge in [-0.15, -0.1) is 0 Å². The van der Waals surface area contributed by atoms with E-state index >= 15 is 0 Å². The Bertz CT molecular complexity index is 1780. The average Bonchev–Trinajstić information content (AvgIpc) is 3.20. The van der Waals surface area contributed by atoms with Crippen molar-refractivity contribution >= 4 is 36.3 Å². The van der Waals surface area contributed by atoms with E-state index in [9.17, 15) is 48.8 Å². The lowest BCUT2D eigenvalue weighted by molar-refractivity contribution is -0.204. The number of aryl methyl sites for hydroxylation is 2. The molecule has 2 aromatic carbocycles. The summed E-state index contributed by atoms with van der Waals surface area (Å²) in [6.45, 7) is 5.79. The first kappa shape index (κ1) is 33.5. The third kappa shape index (κ3) is 6.38. The zero-order chi connectivity index (χ0) is 32.3. The Balaban J connectivity index is 1.66. The zero-order valence-corrected chi connectivity index (χ0v) is 26.3. The van der Waals surface area contributed by atoms with Crippen LogP contribution in [0.5, 0.6) is 0 Å². The van der Waals surface area contributed by atoms with Crippen LogP contribution in [0.2, 0.25) is 0 Å². The highest BCUT2D eigenvalue weighted by Gasteiger charge is 2.69. The molecule has 4 rings (SSSR count). The molecule has 0 spiro atoms. The Morgan fingerprint density at radius 2 is 1.65 bits per heavy atom. The number of carbonyl (C=O) groups is 1. The number of ether oxygens (including phenoxy) is 2. The van der Waals surface area contributed by atoms with E-state index in [0.717, 1.165) is 6.07 Å². The Hall–Kier alpha value is -2.44. The summed E-state index contributed by atoms with van der Waals surface area (Å²) in [4.78, 5) is 12.1. The van der Waals surface area contributed by atoms with Gasteiger partial charge in [0.2, 0.25) is 0 Å². The number of rotatable bonds is 10. The van der Waals surface area contributed by atoms with Crippen LogP contribution < -0.4 is 0 Å². The Morgan fingerprint density at radius 3 is 2.16 bits per heavy atom.